The SMILES string of the molecule is [O-][n+]1c(O)nc(Oc2ccccc2)c2cc(C(F)(F)F)ccc21. The second kappa shape index (κ2) is 5.31. The minimum atomic E-state index is -4.58. The van der Waals surface area contributed by atoms with E-state index >= 15 is 0 Å². The predicted octanol–water partition coefficient (Wildman–Crippen LogP) is 3.38. The van der Waals surface area contributed by atoms with Crippen molar-refractivity contribution in [1.29, 1.82) is 0 Å². The fourth-order valence-corrected chi connectivity index (χ4v) is 2.04. The van der Waals surface area contributed by atoms with Crippen molar-refractivity contribution in [2.45, 2.75) is 6.18 Å². The quantitative estimate of drug-likeness (QED) is 0.580. The van der Waals surface area contributed by atoms with Gasteiger partial charge >= 0.3 is 18.1 Å². The summed E-state index contributed by atoms with van der Waals surface area (Å²) in [5.41, 5.74) is -1.13. The molecule has 0 radical (unpaired) electrons. The average molecular weight is 322 g/mol. The van der Waals surface area contributed by atoms with Crippen LogP contribution in [-0.2, 0) is 6.18 Å². The molecule has 1 aromatic heterocycles. The highest BCUT2D eigenvalue weighted by Gasteiger charge is 2.32. The van der Waals surface area contributed by atoms with Crippen molar-refractivity contribution in [2.75, 3.05) is 0 Å². The van der Waals surface area contributed by atoms with Crippen LogP contribution < -0.4 is 9.47 Å². The Morgan fingerprint density at radius 3 is 2.43 bits per heavy atom. The second-order valence-corrected chi connectivity index (χ2v) is 4.66. The second-order valence-electron chi connectivity index (χ2n) is 4.66. The molecule has 0 amide bonds. The first kappa shape index (κ1) is 14.9. The van der Waals surface area contributed by atoms with Gasteiger partial charge < -0.3 is 15.1 Å². The fraction of sp³-hybridized carbons (Fsp3) is 0.0667. The van der Waals surface area contributed by atoms with Gasteiger partial charge in [-0.1, -0.05) is 18.2 Å². The Hall–Kier alpha value is -3.03. The summed E-state index contributed by atoms with van der Waals surface area (Å²) in [5.74, 6) is 0.0173. The predicted molar refractivity (Wildman–Crippen MR) is 73.9 cm³/mol. The van der Waals surface area contributed by atoms with Crippen LogP contribution in [0.25, 0.3) is 10.9 Å². The largest absolute Gasteiger partial charge is 0.708 e. The minimum absolute atomic E-state index is 0.0351. The van der Waals surface area contributed by atoms with E-state index in [1.807, 2.05) is 0 Å². The van der Waals surface area contributed by atoms with Crippen molar-refractivity contribution >= 4 is 10.9 Å². The molecule has 0 atom stereocenters. The first-order valence-corrected chi connectivity index (χ1v) is 6.42. The average Bonchev–Trinajstić information content (AvgIpc) is 2.52. The number of fused-ring (bicyclic) bond motifs is 1. The number of aromatic nitrogens is 2. The van der Waals surface area contributed by atoms with E-state index in [4.69, 9.17) is 4.74 Å². The maximum absolute atomic E-state index is 12.9. The molecule has 5 nitrogen and oxygen atoms in total. The Morgan fingerprint density at radius 2 is 1.78 bits per heavy atom. The van der Waals surface area contributed by atoms with E-state index < -0.39 is 17.8 Å². The molecule has 118 valence electrons. The highest BCUT2D eigenvalue weighted by Crippen LogP contribution is 2.34. The number of rotatable bonds is 2. The molecule has 1 heterocycles. The lowest BCUT2D eigenvalue weighted by molar-refractivity contribution is -0.589. The molecule has 0 unspecified atom stereocenters. The van der Waals surface area contributed by atoms with Gasteiger partial charge in [-0.3, -0.25) is 0 Å². The Kier molecular flexibility index (Phi) is 3.44. The van der Waals surface area contributed by atoms with Crippen molar-refractivity contribution < 1.29 is 27.7 Å². The summed E-state index contributed by atoms with van der Waals surface area (Å²) >= 11 is 0. The lowest BCUT2D eigenvalue weighted by Crippen LogP contribution is -2.28. The lowest BCUT2D eigenvalue weighted by Gasteiger charge is -2.11. The summed E-state index contributed by atoms with van der Waals surface area (Å²) in [7, 11) is 0. The third-order valence-electron chi connectivity index (χ3n) is 3.11. The van der Waals surface area contributed by atoms with Crippen LogP contribution in [0.5, 0.6) is 17.6 Å². The van der Waals surface area contributed by atoms with Crippen LogP contribution in [0.15, 0.2) is 48.5 Å². The number of hydrogen-bond donors (Lipinski definition) is 1. The van der Waals surface area contributed by atoms with E-state index in [9.17, 15) is 23.5 Å². The van der Waals surface area contributed by atoms with Gasteiger partial charge in [0, 0.05) is 4.98 Å². The van der Waals surface area contributed by atoms with E-state index in [0.717, 1.165) is 18.2 Å². The van der Waals surface area contributed by atoms with Gasteiger partial charge in [0.15, 0.2) is 0 Å². The normalized spacial score (nSPS) is 11.6. The van der Waals surface area contributed by atoms with Crippen molar-refractivity contribution in [1.82, 2.24) is 4.98 Å². The number of halogens is 3. The molecule has 0 saturated heterocycles. The first-order valence-electron chi connectivity index (χ1n) is 6.42. The molecule has 0 bridgehead atoms. The monoisotopic (exact) mass is 322 g/mol. The van der Waals surface area contributed by atoms with Gasteiger partial charge in [-0.25, -0.2) is 0 Å². The van der Waals surface area contributed by atoms with Crippen LogP contribution in [0.4, 0.5) is 13.2 Å². The minimum Gasteiger partial charge on any atom is -0.708 e. The fourth-order valence-electron chi connectivity index (χ4n) is 2.04. The number of para-hydroxylation sites is 1. The highest BCUT2D eigenvalue weighted by atomic mass is 19.4. The molecule has 8 heteroatoms. The molecule has 3 rings (SSSR count). The molecular formula is C15H9F3N2O3. The first-order chi connectivity index (χ1) is 10.9. The van der Waals surface area contributed by atoms with Gasteiger partial charge in [0.1, 0.15) is 16.7 Å². The maximum Gasteiger partial charge on any atom is 0.503 e. The van der Waals surface area contributed by atoms with Crippen LogP contribution in [-0.4, -0.2) is 10.1 Å². The van der Waals surface area contributed by atoms with E-state index in [2.05, 4.69) is 4.98 Å². The summed E-state index contributed by atoms with van der Waals surface area (Å²) < 4.78 is 44.0. The van der Waals surface area contributed by atoms with Gasteiger partial charge in [0.25, 0.3) is 0 Å². The Balaban J connectivity index is 2.21. The summed E-state index contributed by atoms with van der Waals surface area (Å²) in [5, 5.41) is 21.1. The molecule has 2 aromatic carbocycles. The molecule has 0 saturated carbocycles. The molecule has 0 aliphatic heterocycles. The standard InChI is InChI=1S/C15H9F3N2O3/c16-15(17,18)9-6-7-12-11(8-9)13(19-14(21)20(12)22)23-10-4-2-1-3-5-10/h1-8H,(H,19,21). The molecule has 3 aromatic rings. The third-order valence-corrected chi connectivity index (χ3v) is 3.11. The van der Waals surface area contributed by atoms with Gasteiger partial charge in [0.05, 0.1) is 5.56 Å². The lowest BCUT2D eigenvalue weighted by atomic mass is 10.1. The molecule has 0 spiro atoms. The number of nitrogens with zero attached hydrogens (tertiary/aromatic N) is 2. The maximum atomic E-state index is 12.9. The van der Waals surface area contributed by atoms with Crippen molar-refractivity contribution in [3.05, 3.63) is 59.3 Å². The van der Waals surface area contributed by atoms with Crippen LogP contribution >= 0.6 is 0 Å². The topological polar surface area (TPSA) is 69.3 Å². The summed E-state index contributed by atoms with van der Waals surface area (Å²) in [6, 6.07) is 9.75. The van der Waals surface area contributed by atoms with Gasteiger partial charge in [-0.15, -0.1) is 0 Å². The molecule has 0 aliphatic rings. The number of aromatic hydroxyl groups is 1. The van der Waals surface area contributed by atoms with E-state index in [1.165, 1.54) is 0 Å². The zero-order chi connectivity index (χ0) is 16.6. The van der Waals surface area contributed by atoms with Crippen LogP contribution in [0.2, 0.25) is 0 Å². The van der Waals surface area contributed by atoms with Crippen LogP contribution in [0, 0.1) is 5.21 Å². The number of hydrogen-bond acceptors (Lipinski definition) is 4. The number of benzene rings is 2. The summed E-state index contributed by atoms with van der Waals surface area (Å²) in [4.78, 5) is 3.54. The van der Waals surface area contributed by atoms with Crippen molar-refractivity contribution in [3.8, 4) is 17.6 Å². The highest BCUT2D eigenvalue weighted by molar-refractivity contribution is 5.82. The Morgan fingerprint density at radius 1 is 1.09 bits per heavy atom. The summed E-state index contributed by atoms with van der Waals surface area (Å²) in [6.07, 6.45) is -4.58. The van der Waals surface area contributed by atoms with Gasteiger partial charge in [-0.2, -0.15) is 17.9 Å². The third kappa shape index (κ3) is 2.83. The molecule has 0 aliphatic carbocycles. The Labute approximate surface area is 127 Å². The van der Waals surface area contributed by atoms with Gasteiger partial charge in [-0.05, 0) is 30.3 Å². The van der Waals surface area contributed by atoms with Crippen LogP contribution in [0.3, 0.4) is 0 Å². The van der Waals surface area contributed by atoms with E-state index in [0.29, 0.717) is 5.75 Å². The zero-order valence-electron chi connectivity index (χ0n) is 11.4. The van der Waals surface area contributed by atoms with E-state index in [1.54, 1.807) is 30.3 Å². The van der Waals surface area contributed by atoms with Gasteiger partial charge in [0.2, 0.25) is 0 Å². The van der Waals surface area contributed by atoms with Crippen LogP contribution in [0.1, 0.15) is 5.56 Å². The zero-order valence-corrected chi connectivity index (χ0v) is 11.4. The molecule has 23 heavy (non-hydrogen) atoms. The molecular weight excluding hydrogens is 313 g/mol. The molecule has 0 fully saturated rings. The summed E-state index contributed by atoms with van der Waals surface area (Å²) in [6.45, 7) is 0. The van der Waals surface area contributed by atoms with Crippen molar-refractivity contribution in [2.24, 2.45) is 0 Å². The molecule has 1 N–H and O–H groups in total. The number of ether oxygens (including phenoxy) is 1. The smallest absolute Gasteiger partial charge is 0.503 e. The number of alkyl halides is 3. The van der Waals surface area contributed by atoms with Crippen molar-refractivity contribution in [3.63, 3.8) is 0 Å². The Bertz CT molecular complexity index is 867. The van der Waals surface area contributed by atoms with E-state index in [-0.39, 0.29) is 21.5 Å².